The number of nitrogens with zero attached hydrogens (tertiary/aromatic N) is 1. The van der Waals surface area contributed by atoms with E-state index in [9.17, 15) is 9.59 Å². The summed E-state index contributed by atoms with van der Waals surface area (Å²) in [6, 6.07) is 15.9. The molecule has 156 valence electrons. The van der Waals surface area contributed by atoms with Crippen LogP contribution in [0.15, 0.2) is 53.4 Å². The van der Waals surface area contributed by atoms with Crippen LogP contribution in [0.25, 0.3) is 0 Å². The summed E-state index contributed by atoms with van der Waals surface area (Å²) in [4.78, 5) is 28.5. The summed E-state index contributed by atoms with van der Waals surface area (Å²) in [7, 11) is 0. The van der Waals surface area contributed by atoms with Gasteiger partial charge in [-0.2, -0.15) is 0 Å². The highest BCUT2D eigenvalue weighted by Crippen LogP contribution is 2.20. The van der Waals surface area contributed by atoms with Gasteiger partial charge in [-0.05, 0) is 52.3 Å². The molecule has 0 radical (unpaired) electrons. The van der Waals surface area contributed by atoms with Gasteiger partial charge in [-0.25, -0.2) is 0 Å². The molecule has 0 aliphatic rings. The van der Waals surface area contributed by atoms with Crippen LogP contribution in [-0.4, -0.2) is 34.6 Å². The van der Waals surface area contributed by atoms with Gasteiger partial charge in [0.1, 0.15) is 6.04 Å². The Morgan fingerprint density at radius 2 is 1.69 bits per heavy atom. The van der Waals surface area contributed by atoms with Crippen molar-refractivity contribution in [1.29, 1.82) is 0 Å². The number of hydrogen-bond acceptors (Lipinski definition) is 3. The van der Waals surface area contributed by atoms with Crippen molar-refractivity contribution in [3.63, 3.8) is 0 Å². The predicted molar refractivity (Wildman–Crippen MR) is 121 cm³/mol. The van der Waals surface area contributed by atoms with Gasteiger partial charge in [-0.3, -0.25) is 9.59 Å². The monoisotopic (exact) mass is 412 g/mol. The van der Waals surface area contributed by atoms with Crippen molar-refractivity contribution in [2.75, 3.05) is 5.75 Å². The lowest BCUT2D eigenvalue weighted by Gasteiger charge is -2.29. The Morgan fingerprint density at radius 1 is 1.00 bits per heavy atom. The van der Waals surface area contributed by atoms with Crippen LogP contribution in [0.2, 0.25) is 0 Å². The zero-order chi connectivity index (χ0) is 21.4. The second-order valence-electron chi connectivity index (χ2n) is 7.76. The number of rotatable bonds is 9. The Balaban J connectivity index is 2.06. The van der Waals surface area contributed by atoms with E-state index >= 15 is 0 Å². The van der Waals surface area contributed by atoms with Crippen LogP contribution >= 0.6 is 11.8 Å². The number of hydrogen-bond donors (Lipinski definition) is 1. The summed E-state index contributed by atoms with van der Waals surface area (Å²) < 4.78 is 0. The molecule has 1 N–H and O–H groups in total. The van der Waals surface area contributed by atoms with Crippen molar-refractivity contribution in [1.82, 2.24) is 10.2 Å². The fraction of sp³-hybridized carbons (Fsp3) is 0.417. The molecule has 1 unspecified atom stereocenters. The summed E-state index contributed by atoms with van der Waals surface area (Å²) >= 11 is 1.67. The second kappa shape index (κ2) is 11.1. The molecular formula is C24H32N2O2S. The maximum Gasteiger partial charge on any atom is 0.242 e. The van der Waals surface area contributed by atoms with Crippen molar-refractivity contribution >= 4 is 23.6 Å². The van der Waals surface area contributed by atoms with Crippen LogP contribution in [0.1, 0.15) is 43.9 Å². The number of thioether (sulfide) groups is 1. The minimum Gasteiger partial charge on any atom is -0.352 e. The first kappa shape index (κ1) is 23.0. The summed E-state index contributed by atoms with van der Waals surface area (Å²) in [5, 5.41) is 2.92. The molecule has 0 aliphatic carbocycles. The Morgan fingerprint density at radius 3 is 2.31 bits per heavy atom. The van der Waals surface area contributed by atoms with Crippen molar-refractivity contribution in [2.24, 2.45) is 0 Å². The van der Waals surface area contributed by atoms with Crippen molar-refractivity contribution in [2.45, 2.75) is 64.6 Å². The molecule has 29 heavy (non-hydrogen) atoms. The van der Waals surface area contributed by atoms with Crippen LogP contribution in [0, 0.1) is 13.8 Å². The number of benzene rings is 2. The highest BCUT2D eigenvalue weighted by Gasteiger charge is 2.26. The molecule has 2 aromatic rings. The quantitative estimate of drug-likeness (QED) is 0.606. The van der Waals surface area contributed by atoms with Crippen molar-refractivity contribution in [3.05, 3.63) is 65.2 Å². The van der Waals surface area contributed by atoms with E-state index in [0.29, 0.717) is 18.7 Å². The Labute approximate surface area is 179 Å². The van der Waals surface area contributed by atoms with Gasteiger partial charge in [0.05, 0.1) is 0 Å². The number of aryl methyl sites for hydroxylation is 2. The third-order valence-electron chi connectivity index (χ3n) is 4.64. The first-order valence-corrected chi connectivity index (χ1v) is 11.1. The fourth-order valence-electron chi connectivity index (χ4n) is 3.03. The number of carbonyl (C=O) groups excluding carboxylic acids is 2. The normalized spacial score (nSPS) is 11.9. The van der Waals surface area contributed by atoms with Crippen molar-refractivity contribution < 1.29 is 9.59 Å². The first-order chi connectivity index (χ1) is 13.8. The Bertz CT molecular complexity index is 818. The molecule has 4 nitrogen and oxygen atoms in total. The van der Waals surface area contributed by atoms with E-state index in [1.807, 2.05) is 39.0 Å². The zero-order valence-electron chi connectivity index (χ0n) is 18.1. The van der Waals surface area contributed by atoms with Gasteiger partial charge in [-0.15, -0.1) is 11.8 Å². The summed E-state index contributed by atoms with van der Waals surface area (Å²) in [5.41, 5.74) is 3.40. The van der Waals surface area contributed by atoms with Gasteiger partial charge in [0.25, 0.3) is 0 Å². The van der Waals surface area contributed by atoms with Gasteiger partial charge >= 0.3 is 0 Å². The molecule has 0 bridgehead atoms. The molecule has 1 atom stereocenters. The topological polar surface area (TPSA) is 49.4 Å². The average Bonchev–Trinajstić information content (AvgIpc) is 2.66. The molecule has 0 aliphatic heterocycles. The summed E-state index contributed by atoms with van der Waals surface area (Å²) in [5.74, 6) is 0.565. The van der Waals surface area contributed by atoms with Gasteiger partial charge in [0.15, 0.2) is 0 Å². The fourth-order valence-corrected chi connectivity index (χ4v) is 3.87. The summed E-state index contributed by atoms with van der Waals surface area (Å²) in [6.45, 7) is 10.2. The predicted octanol–water partition coefficient (Wildman–Crippen LogP) is 4.73. The Kier molecular flexibility index (Phi) is 8.77. The summed E-state index contributed by atoms with van der Waals surface area (Å²) in [6.07, 6.45) is 0.393. The smallest absolute Gasteiger partial charge is 0.242 e. The van der Waals surface area contributed by atoms with E-state index in [1.54, 1.807) is 23.6 Å². The largest absolute Gasteiger partial charge is 0.352 e. The van der Waals surface area contributed by atoms with E-state index in [0.717, 1.165) is 16.0 Å². The highest BCUT2D eigenvalue weighted by molar-refractivity contribution is 7.99. The molecule has 0 spiro atoms. The maximum absolute atomic E-state index is 13.0. The van der Waals surface area contributed by atoms with E-state index in [4.69, 9.17) is 0 Å². The molecule has 0 saturated carbocycles. The zero-order valence-corrected chi connectivity index (χ0v) is 18.9. The highest BCUT2D eigenvalue weighted by atomic mass is 32.2. The minimum absolute atomic E-state index is 0.00229. The van der Waals surface area contributed by atoms with Crippen LogP contribution in [0.4, 0.5) is 0 Å². The van der Waals surface area contributed by atoms with Crippen LogP contribution in [0.3, 0.4) is 0 Å². The Hall–Kier alpha value is -2.27. The third-order valence-corrected chi connectivity index (χ3v) is 5.65. The van der Waals surface area contributed by atoms with Gasteiger partial charge < -0.3 is 10.2 Å². The van der Waals surface area contributed by atoms with E-state index < -0.39 is 6.04 Å². The number of nitrogens with one attached hydrogen (secondary N) is 1. The molecule has 0 saturated heterocycles. The molecule has 2 aromatic carbocycles. The molecule has 0 heterocycles. The standard InChI is InChI=1S/C24H32N2O2S/c1-17(2)25-24(28)20(5)26(16-21-8-6-7-19(4)15-21)23(27)13-14-29-22-11-9-18(3)10-12-22/h6-12,15,17,20H,13-14,16H2,1-5H3,(H,25,28). The molecule has 2 rings (SSSR count). The molecule has 0 aromatic heterocycles. The molecule has 0 fully saturated rings. The van der Waals surface area contributed by atoms with Gasteiger partial charge in [-0.1, -0.05) is 47.5 Å². The lowest BCUT2D eigenvalue weighted by atomic mass is 10.1. The minimum atomic E-state index is -0.519. The molecule has 2 amide bonds. The lowest BCUT2D eigenvalue weighted by molar-refractivity contribution is -0.140. The first-order valence-electron chi connectivity index (χ1n) is 10.1. The average molecular weight is 413 g/mol. The second-order valence-corrected chi connectivity index (χ2v) is 8.93. The van der Waals surface area contributed by atoms with Gasteiger partial charge in [0.2, 0.25) is 11.8 Å². The third kappa shape index (κ3) is 7.58. The SMILES string of the molecule is Cc1ccc(SCCC(=O)N(Cc2cccc(C)c2)C(C)C(=O)NC(C)C)cc1. The number of amides is 2. The maximum atomic E-state index is 13.0. The lowest BCUT2D eigenvalue weighted by Crippen LogP contribution is -2.49. The van der Waals surface area contributed by atoms with Gasteiger partial charge in [0, 0.05) is 29.7 Å². The van der Waals surface area contributed by atoms with E-state index in [2.05, 4.69) is 42.6 Å². The number of carbonyl (C=O) groups is 2. The van der Waals surface area contributed by atoms with Crippen molar-refractivity contribution in [3.8, 4) is 0 Å². The van der Waals surface area contributed by atoms with Crippen LogP contribution < -0.4 is 5.32 Å². The van der Waals surface area contributed by atoms with Crippen LogP contribution in [0.5, 0.6) is 0 Å². The molecule has 5 heteroatoms. The van der Waals surface area contributed by atoms with Crippen LogP contribution in [-0.2, 0) is 16.1 Å². The van der Waals surface area contributed by atoms with E-state index in [1.165, 1.54) is 5.56 Å². The molecular weight excluding hydrogens is 380 g/mol. The van der Waals surface area contributed by atoms with E-state index in [-0.39, 0.29) is 17.9 Å².